The number of carbonyl (C=O) groups is 2. The monoisotopic (exact) mass is 316 g/mol. The van der Waals surface area contributed by atoms with Crippen LogP contribution in [0.4, 0.5) is 5.69 Å². The second-order valence-corrected chi connectivity index (χ2v) is 5.68. The molecule has 7 heteroatoms. The number of amides is 2. The summed E-state index contributed by atoms with van der Waals surface area (Å²) >= 11 is 0. The number of anilines is 1. The van der Waals surface area contributed by atoms with Crippen molar-refractivity contribution in [1.29, 1.82) is 0 Å². The maximum absolute atomic E-state index is 12.1. The maximum atomic E-state index is 12.1. The molecular formula is C16H20N4O3. The molecule has 2 heterocycles. The third-order valence-electron chi connectivity index (χ3n) is 3.84. The Balaban J connectivity index is 1.58. The molecule has 3 rings (SSSR count). The standard InChI is InChI=1S/C16H20N4O3/c1-11-2-4-12(5-3-11)17-14(21)10-13-15(22)19-16(18-13)20-6-8-23-9-7-20/h2-5,13H,6-10H2,1H3,(H,17,21)(H,18,19,22)/t13-/m1/s1. The van der Waals surface area contributed by atoms with Gasteiger partial charge in [0.25, 0.3) is 5.91 Å². The van der Waals surface area contributed by atoms with E-state index < -0.39 is 6.04 Å². The van der Waals surface area contributed by atoms with Crippen LogP contribution in [-0.4, -0.2) is 55.0 Å². The fourth-order valence-electron chi connectivity index (χ4n) is 2.53. The molecule has 1 saturated heterocycles. The van der Waals surface area contributed by atoms with Crippen LogP contribution < -0.4 is 10.6 Å². The smallest absolute Gasteiger partial charge is 0.252 e. The van der Waals surface area contributed by atoms with E-state index in [4.69, 9.17) is 4.74 Å². The summed E-state index contributed by atoms with van der Waals surface area (Å²) in [5.74, 6) is 0.0953. The normalized spacial score (nSPS) is 20.9. The predicted octanol–water partition coefficient (Wildman–Crippen LogP) is 0.510. The number of aliphatic imine (C=N–C) groups is 1. The molecule has 23 heavy (non-hydrogen) atoms. The Bertz CT molecular complexity index is 621. The highest BCUT2D eigenvalue weighted by atomic mass is 16.5. The van der Waals surface area contributed by atoms with E-state index in [1.54, 1.807) is 0 Å². The number of rotatable bonds is 3. The van der Waals surface area contributed by atoms with Crippen molar-refractivity contribution in [3.63, 3.8) is 0 Å². The van der Waals surface area contributed by atoms with Crippen LogP contribution in [0, 0.1) is 6.92 Å². The van der Waals surface area contributed by atoms with Crippen molar-refractivity contribution in [2.75, 3.05) is 31.6 Å². The van der Waals surface area contributed by atoms with Gasteiger partial charge in [0.2, 0.25) is 11.9 Å². The lowest BCUT2D eigenvalue weighted by Crippen LogP contribution is -2.46. The molecule has 0 aliphatic carbocycles. The Labute approximate surface area is 134 Å². The molecule has 2 N–H and O–H groups in total. The molecule has 0 radical (unpaired) electrons. The van der Waals surface area contributed by atoms with Crippen LogP contribution in [0.25, 0.3) is 0 Å². The van der Waals surface area contributed by atoms with Crippen LogP contribution in [0.2, 0.25) is 0 Å². The van der Waals surface area contributed by atoms with E-state index in [0.717, 1.165) is 11.3 Å². The van der Waals surface area contributed by atoms with E-state index in [1.165, 1.54) is 0 Å². The Morgan fingerprint density at radius 1 is 1.35 bits per heavy atom. The molecule has 0 unspecified atom stereocenters. The third kappa shape index (κ3) is 3.87. The molecule has 1 aromatic carbocycles. The Kier molecular flexibility index (Phi) is 4.57. The number of nitrogens with one attached hydrogen (secondary N) is 2. The van der Waals surface area contributed by atoms with Crippen molar-refractivity contribution in [3.8, 4) is 0 Å². The van der Waals surface area contributed by atoms with E-state index in [2.05, 4.69) is 15.6 Å². The summed E-state index contributed by atoms with van der Waals surface area (Å²) in [6, 6.07) is 6.85. The Hall–Kier alpha value is -2.41. The molecule has 0 bridgehead atoms. The van der Waals surface area contributed by atoms with Gasteiger partial charge in [-0.05, 0) is 19.1 Å². The average Bonchev–Trinajstić information content (AvgIpc) is 2.91. The number of aryl methyl sites for hydroxylation is 1. The second-order valence-electron chi connectivity index (χ2n) is 5.68. The van der Waals surface area contributed by atoms with Gasteiger partial charge >= 0.3 is 0 Å². The quantitative estimate of drug-likeness (QED) is 0.851. The van der Waals surface area contributed by atoms with Gasteiger partial charge in [0.1, 0.15) is 6.04 Å². The fraction of sp³-hybridized carbons (Fsp3) is 0.438. The van der Waals surface area contributed by atoms with Crippen molar-refractivity contribution in [1.82, 2.24) is 10.2 Å². The van der Waals surface area contributed by atoms with Gasteiger partial charge in [-0.15, -0.1) is 0 Å². The van der Waals surface area contributed by atoms with Crippen molar-refractivity contribution < 1.29 is 14.3 Å². The molecule has 2 aliphatic rings. The van der Waals surface area contributed by atoms with Gasteiger partial charge in [-0.3, -0.25) is 14.9 Å². The molecule has 0 spiro atoms. The summed E-state index contributed by atoms with van der Waals surface area (Å²) in [6.07, 6.45) is 0.0353. The predicted molar refractivity (Wildman–Crippen MR) is 86.2 cm³/mol. The molecular weight excluding hydrogens is 296 g/mol. The molecule has 0 aromatic heterocycles. The Morgan fingerprint density at radius 2 is 2.04 bits per heavy atom. The van der Waals surface area contributed by atoms with E-state index >= 15 is 0 Å². The highest BCUT2D eigenvalue weighted by Gasteiger charge is 2.31. The fourth-order valence-corrected chi connectivity index (χ4v) is 2.53. The van der Waals surface area contributed by atoms with Crippen LogP contribution >= 0.6 is 0 Å². The molecule has 1 fully saturated rings. The van der Waals surface area contributed by atoms with Crippen LogP contribution in [0.15, 0.2) is 29.3 Å². The minimum absolute atomic E-state index is 0.0353. The third-order valence-corrected chi connectivity index (χ3v) is 3.84. The van der Waals surface area contributed by atoms with Crippen LogP contribution in [0.3, 0.4) is 0 Å². The first-order chi connectivity index (χ1) is 11.1. The van der Waals surface area contributed by atoms with E-state index in [0.29, 0.717) is 32.3 Å². The van der Waals surface area contributed by atoms with Crippen molar-refractivity contribution >= 4 is 23.5 Å². The van der Waals surface area contributed by atoms with Crippen LogP contribution in [-0.2, 0) is 14.3 Å². The molecule has 2 amide bonds. The SMILES string of the molecule is Cc1ccc(NC(=O)C[C@H]2N=C(N3CCOCC3)NC2=O)cc1. The number of nitrogens with zero attached hydrogens (tertiary/aromatic N) is 2. The summed E-state index contributed by atoms with van der Waals surface area (Å²) in [7, 11) is 0. The van der Waals surface area contributed by atoms with E-state index in [1.807, 2.05) is 36.1 Å². The number of carbonyl (C=O) groups excluding carboxylic acids is 2. The number of hydrogen-bond donors (Lipinski definition) is 2. The van der Waals surface area contributed by atoms with Crippen molar-refractivity contribution in [3.05, 3.63) is 29.8 Å². The van der Waals surface area contributed by atoms with E-state index in [9.17, 15) is 9.59 Å². The lowest BCUT2D eigenvalue weighted by atomic mass is 10.2. The first-order valence-electron chi connectivity index (χ1n) is 7.70. The zero-order valence-corrected chi connectivity index (χ0v) is 13.0. The van der Waals surface area contributed by atoms with Gasteiger partial charge in [-0.1, -0.05) is 17.7 Å². The highest BCUT2D eigenvalue weighted by molar-refractivity contribution is 6.07. The van der Waals surface area contributed by atoms with Crippen LogP contribution in [0.1, 0.15) is 12.0 Å². The maximum Gasteiger partial charge on any atom is 0.252 e. The van der Waals surface area contributed by atoms with Gasteiger partial charge < -0.3 is 15.0 Å². The summed E-state index contributed by atoms with van der Waals surface area (Å²) in [4.78, 5) is 30.4. The molecule has 1 atom stereocenters. The van der Waals surface area contributed by atoms with Crippen molar-refractivity contribution in [2.24, 2.45) is 4.99 Å². The first kappa shape index (κ1) is 15.5. The second kappa shape index (κ2) is 6.78. The molecule has 7 nitrogen and oxygen atoms in total. The number of benzene rings is 1. The number of morpholine rings is 1. The lowest BCUT2D eigenvalue weighted by Gasteiger charge is -2.27. The average molecular weight is 316 g/mol. The van der Waals surface area contributed by atoms with Gasteiger partial charge in [-0.2, -0.15) is 0 Å². The Morgan fingerprint density at radius 3 is 2.74 bits per heavy atom. The van der Waals surface area contributed by atoms with Gasteiger partial charge in [0, 0.05) is 18.8 Å². The summed E-state index contributed by atoms with van der Waals surface area (Å²) in [5, 5.41) is 5.54. The number of ether oxygens (including phenoxy) is 1. The topological polar surface area (TPSA) is 83.0 Å². The lowest BCUT2D eigenvalue weighted by molar-refractivity contribution is -0.124. The van der Waals surface area contributed by atoms with Gasteiger partial charge in [0.05, 0.1) is 19.6 Å². The molecule has 1 aromatic rings. The number of guanidine groups is 1. The highest BCUT2D eigenvalue weighted by Crippen LogP contribution is 2.13. The van der Waals surface area contributed by atoms with Gasteiger partial charge in [-0.25, -0.2) is 4.99 Å². The molecule has 2 aliphatic heterocycles. The summed E-state index contributed by atoms with van der Waals surface area (Å²) in [6.45, 7) is 4.61. The van der Waals surface area contributed by atoms with Crippen LogP contribution in [0.5, 0.6) is 0 Å². The number of hydrogen-bond acceptors (Lipinski definition) is 5. The molecule has 122 valence electrons. The first-order valence-corrected chi connectivity index (χ1v) is 7.70. The largest absolute Gasteiger partial charge is 0.378 e. The van der Waals surface area contributed by atoms with E-state index in [-0.39, 0.29) is 18.2 Å². The molecule has 0 saturated carbocycles. The zero-order chi connectivity index (χ0) is 16.2. The summed E-state index contributed by atoms with van der Waals surface area (Å²) < 4.78 is 5.28. The van der Waals surface area contributed by atoms with Gasteiger partial charge in [0.15, 0.2) is 0 Å². The summed E-state index contributed by atoms with van der Waals surface area (Å²) in [5.41, 5.74) is 1.84. The minimum Gasteiger partial charge on any atom is -0.378 e. The minimum atomic E-state index is -0.668. The van der Waals surface area contributed by atoms with Crippen molar-refractivity contribution in [2.45, 2.75) is 19.4 Å². The zero-order valence-electron chi connectivity index (χ0n) is 13.0.